The van der Waals surface area contributed by atoms with E-state index in [0.717, 1.165) is 13.1 Å². The Labute approximate surface area is 55.6 Å². The van der Waals surface area contributed by atoms with Crippen molar-refractivity contribution in [3.63, 3.8) is 0 Å². The van der Waals surface area contributed by atoms with Crippen LogP contribution in [0.2, 0.25) is 0 Å². The summed E-state index contributed by atoms with van der Waals surface area (Å²) >= 11 is 0. The summed E-state index contributed by atoms with van der Waals surface area (Å²) in [7, 11) is -1.93. The topological polar surface area (TPSA) is 46.2 Å². The maximum atomic E-state index is 10.3. The number of hydrogen-bond acceptors (Lipinski definition) is 3. The molecule has 0 atom stereocenters. The third-order valence-corrected chi connectivity index (χ3v) is 2.28. The summed E-state index contributed by atoms with van der Waals surface area (Å²) in [6.45, 7) is 1.62. The maximum absolute atomic E-state index is 10.3. The molecule has 0 aromatic carbocycles. The second-order valence-electron chi connectivity index (χ2n) is 2.02. The standard InChI is InChI=1S/C5H9NO2S/c7-9(8)5-1-3-6-4-2-5/h6H,1-4H2. The van der Waals surface area contributed by atoms with Gasteiger partial charge in [-0.05, 0) is 25.9 Å². The number of nitrogens with one attached hydrogen (secondary N) is 1. The first kappa shape index (κ1) is 6.77. The van der Waals surface area contributed by atoms with Crippen LogP contribution >= 0.6 is 0 Å². The molecule has 0 radical (unpaired) electrons. The third kappa shape index (κ3) is 1.80. The fourth-order valence-electron chi connectivity index (χ4n) is 0.872. The second-order valence-corrected chi connectivity index (χ2v) is 3.07. The van der Waals surface area contributed by atoms with Crippen LogP contribution in [0.3, 0.4) is 0 Å². The molecule has 0 unspecified atom stereocenters. The van der Waals surface area contributed by atoms with Crippen LogP contribution in [0.1, 0.15) is 12.8 Å². The first-order valence-electron chi connectivity index (χ1n) is 2.95. The zero-order chi connectivity index (χ0) is 6.69. The van der Waals surface area contributed by atoms with Crippen LogP contribution in [0.5, 0.6) is 0 Å². The molecule has 3 nitrogen and oxygen atoms in total. The Bertz CT molecular complexity index is 201. The molecule has 0 aliphatic carbocycles. The normalized spacial score (nSPS) is 19.8. The Hall–Kier alpha value is -0.350. The van der Waals surface area contributed by atoms with Gasteiger partial charge in [0.1, 0.15) is 0 Å². The number of rotatable bonds is 0. The van der Waals surface area contributed by atoms with Gasteiger partial charge in [0.2, 0.25) is 10.3 Å². The third-order valence-electron chi connectivity index (χ3n) is 1.40. The Morgan fingerprint density at radius 1 is 1.22 bits per heavy atom. The van der Waals surface area contributed by atoms with E-state index in [-0.39, 0.29) is 0 Å². The lowest BCUT2D eigenvalue weighted by molar-refractivity contribution is 0.622. The van der Waals surface area contributed by atoms with Gasteiger partial charge in [-0.3, -0.25) is 0 Å². The Kier molecular flexibility index (Phi) is 2.24. The first-order chi connectivity index (χ1) is 4.30. The van der Waals surface area contributed by atoms with E-state index < -0.39 is 10.3 Å². The minimum atomic E-state index is -1.93. The van der Waals surface area contributed by atoms with E-state index in [0.29, 0.717) is 17.7 Å². The molecule has 4 heteroatoms. The molecule has 1 aliphatic heterocycles. The Balaban J connectivity index is 2.72. The highest BCUT2D eigenvalue weighted by Gasteiger charge is 2.05. The molecular formula is C5H9NO2S. The predicted octanol–water partition coefficient (Wildman–Crippen LogP) is -0.579. The van der Waals surface area contributed by atoms with E-state index in [1.807, 2.05) is 0 Å². The molecule has 0 aromatic rings. The quantitative estimate of drug-likeness (QED) is 0.466. The Morgan fingerprint density at radius 3 is 2.11 bits per heavy atom. The van der Waals surface area contributed by atoms with Crippen LogP contribution in [0, 0.1) is 0 Å². The largest absolute Gasteiger partial charge is 0.316 e. The van der Waals surface area contributed by atoms with E-state index in [4.69, 9.17) is 0 Å². The molecule has 1 fully saturated rings. The molecule has 1 saturated heterocycles. The van der Waals surface area contributed by atoms with Gasteiger partial charge in [0, 0.05) is 0 Å². The van der Waals surface area contributed by atoms with Crippen LogP contribution < -0.4 is 5.32 Å². The van der Waals surface area contributed by atoms with Crippen LogP contribution in [0.15, 0.2) is 0 Å². The predicted molar refractivity (Wildman–Crippen MR) is 36.0 cm³/mol. The van der Waals surface area contributed by atoms with Crippen molar-refractivity contribution in [2.75, 3.05) is 13.1 Å². The molecule has 0 saturated carbocycles. The number of hydrogen-bond donors (Lipinski definition) is 1. The highest BCUT2D eigenvalue weighted by atomic mass is 32.2. The summed E-state index contributed by atoms with van der Waals surface area (Å²) in [4.78, 5) is 0.661. The van der Waals surface area contributed by atoms with Crippen molar-refractivity contribution >= 4 is 15.2 Å². The maximum Gasteiger partial charge on any atom is 0.213 e. The number of piperidine rings is 1. The summed E-state index contributed by atoms with van der Waals surface area (Å²) in [5, 5.41) is 3.08. The molecule has 0 bridgehead atoms. The minimum absolute atomic E-state index is 0.661. The van der Waals surface area contributed by atoms with Gasteiger partial charge in [-0.1, -0.05) is 0 Å². The average molecular weight is 147 g/mol. The highest BCUT2D eigenvalue weighted by molar-refractivity contribution is 7.73. The average Bonchev–Trinajstić information content (AvgIpc) is 1.90. The van der Waals surface area contributed by atoms with Gasteiger partial charge >= 0.3 is 0 Å². The molecule has 1 N–H and O–H groups in total. The molecule has 0 aromatic heterocycles. The van der Waals surface area contributed by atoms with Crippen molar-refractivity contribution in [1.82, 2.24) is 5.32 Å². The van der Waals surface area contributed by atoms with Crippen LogP contribution in [0.25, 0.3) is 0 Å². The van der Waals surface area contributed by atoms with Gasteiger partial charge in [0.25, 0.3) is 0 Å². The first-order valence-corrected chi connectivity index (χ1v) is 4.03. The van der Waals surface area contributed by atoms with Crippen molar-refractivity contribution in [3.05, 3.63) is 0 Å². The van der Waals surface area contributed by atoms with Crippen LogP contribution in [-0.2, 0) is 10.3 Å². The molecule has 9 heavy (non-hydrogen) atoms. The van der Waals surface area contributed by atoms with Gasteiger partial charge in [-0.15, -0.1) is 0 Å². The summed E-state index contributed by atoms with van der Waals surface area (Å²) in [5.74, 6) is 0. The van der Waals surface area contributed by atoms with E-state index in [1.165, 1.54) is 0 Å². The smallest absolute Gasteiger partial charge is 0.213 e. The zero-order valence-corrected chi connectivity index (χ0v) is 5.87. The highest BCUT2D eigenvalue weighted by Crippen LogP contribution is 1.94. The van der Waals surface area contributed by atoms with E-state index in [1.54, 1.807) is 0 Å². The molecule has 1 rings (SSSR count). The van der Waals surface area contributed by atoms with Crippen molar-refractivity contribution in [2.24, 2.45) is 0 Å². The molecule has 0 spiro atoms. The van der Waals surface area contributed by atoms with Crippen molar-refractivity contribution in [3.8, 4) is 0 Å². The van der Waals surface area contributed by atoms with Gasteiger partial charge < -0.3 is 5.32 Å². The monoisotopic (exact) mass is 147 g/mol. The zero-order valence-electron chi connectivity index (χ0n) is 5.05. The lowest BCUT2D eigenvalue weighted by Gasteiger charge is -2.10. The molecular weight excluding hydrogens is 138 g/mol. The van der Waals surface area contributed by atoms with E-state index in [9.17, 15) is 8.42 Å². The lowest BCUT2D eigenvalue weighted by Crippen LogP contribution is -2.28. The SMILES string of the molecule is O=S(=O)=C1CCNCC1. The van der Waals surface area contributed by atoms with E-state index >= 15 is 0 Å². The summed E-state index contributed by atoms with van der Waals surface area (Å²) < 4.78 is 20.6. The minimum Gasteiger partial charge on any atom is -0.316 e. The second kappa shape index (κ2) is 2.98. The molecule has 52 valence electrons. The summed E-state index contributed by atoms with van der Waals surface area (Å²) in [5.41, 5.74) is 0. The van der Waals surface area contributed by atoms with Crippen LogP contribution in [-0.4, -0.2) is 26.4 Å². The van der Waals surface area contributed by atoms with Gasteiger partial charge in [0.15, 0.2) is 0 Å². The Morgan fingerprint density at radius 2 is 1.78 bits per heavy atom. The fraction of sp³-hybridized carbons (Fsp3) is 0.800. The summed E-state index contributed by atoms with van der Waals surface area (Å²) in [6, 6.07) is 0. The van der Waals surface area contributed by atoms with Crippen molar-refractivity contribution in [2.45, 2.75) is 12.8 Å². The molecule has 1 aliphatic rings. The van der Waals surface area contributed by atoms with E-state index in [2.05, 4.69) is 5.32 Å². The molecule has 0 amide bonds. The lowest BCUT2D eigenvalue weighted by atomic mass is 10.2. The van der Waals surface area contributed by atoms with Crippen molar-refractivity contribution in [1.29, 1.82) is 0 Å². The van der Waals surface area contributed by atoms with Crippen LogP contribution in [0.4, 0.5) is 0 Å². The molecule has 1 heterocycles. The van der Waals surface area contributed by atoms with Crippen molar-refractivity contribution < 1.29 is 8.42 Å². The summed E-state index contributed by atoms with van der Waals surface area (Å²) in [6.07, 6.45) is 1.38. The van der Waals surface area contributed by atoms with Gasteiger partial charge in [-0.25, -0.2) is 0 Å². The van der Waals surface area contributed by atoms with Gasteiger partial charge in [0.05, 0.1) is 4.86 Å². The van der Waals surface area contributed by atoms with Gasteiger partial charge in [-0.2, -0.15) is 8.42 Å². The fourth-order valence-corrected chi connectivity index (χ4v) is 1.41.